The molecule has 2 rings (SSSR count). The van der Waals surface area contributed by atoms with Crippen molar-refractivity contribution in [2.75, 3.05) is 0 Å². The molecule has 0 radical (unpaired) electrons. The number of hydrogen-bond donors (Lipinski definition) is 1. The smallest absolute Gasteiger partial charge is 0.125 e. The molecule has 0 atom stereocenters. The monoisotopic (exact) mass is 227 g/mol. The molecule has 2 aromatic rings. The number of benzene rings is 1. The first kappa shape index (κ1) is 9.93. The summed E-state index contributed by atoms with van der Waals surface area (Å²) in [4.78, 5) is 5.04. The lowest BCUT2D eigenvalue weighted by Crippen LogP contribution is -1.80. The van der Waals surface area contributed by atoms with Crippen LogP contribution in [0.4, 0.5) is 4.39 Å². The molecule has 0 amide bonds. The van der Waals surface area contributed by atoms with E-state index in [9.17, 15) is 4.39 Å². The third kappa shape index (κ3) is 1.77. The SMILES string of the molecule is CCCc1nc2c(S)cc(F)cc2s1. The minimum Gasteiger partial charge on any atom is -0.240 e. The van der Waals surface area contributed by atoms with Crippen LogP contribution in [0, 0.1) is 5.82 Å². The highest BCUT2D eigenvalue weighted by molar-refractivity contribution is 7.80. The number of thiol groups is 1. The lowest BCUT2D eigenvalue weighted by Gasteiger charge is -1.92. The number of aryl methyl sites for hydroxylation is 1. The average Bonchev–Trinajstić information content (AvgIpc) is 2.48. The van der Waals surface area contributed by atoms with Crippen molar-refractivity contribution in [3.63, 3.8) is 0 Å². The number of nitrogens with zero attached hydrogens (tertiary/aromatic N) is 1. The van der Waals surface area contributed by atoms with Crippen LogP contribution in [0.3, 0.4) is 0 Å². The van der Waals surface area contributed by atoms with Crippen molar-refractivity contribution >= 4 is 34.2 Å². The van der Waals surface area contributed by atoms with Crippen molar-refractivity contribution in [2.24, 2.45) is 0 Å². The third-order valence-electron chi connectivity index (χ3n) is 1.95. The van der Waals surface area contributed by atoms with Gasteiger partial charge in [-0.2, -0.15) is 0 Å². The summed E-state index contributed by atoms with van der Waals surface area (Å²) < 4.78 is 13.9. The van der Waals surface area contributed by atoms with E-state index in [0.29, 0.717) is 4.90 Å². The Kier molecular flexibility index (Phi) is 2.74. The van der Waals surface area contributed by atoms with Gasteiger partial charge >= 0.3 is 0 Å². The van der Waals surface area contributed by atoms with Gasteiger partial charge in [-0.3, -0.25) is 0 Å². The molecule has 0 aliphatic rings. The molecule has 0 unspecified atom stereocenters. The molecule has 1 nitrogen and oxygen atoms in total. The van der Waals surface area contributed by atoms with E-state index in [0.717, 1.165) is 28.1 Å². The number of rotatable bonds is 2. The minimum atomic E-state index is -0.241. The second-order valence-electron chi connectivity index (χ2n) is 3.13. The molecule has 0 saturated carbocycles. The number of aromatic nitrogens is 1. The fraction of sp³-hybridized carbons (Fsp3) is 0.300. The first-order chi connectivity index (χ1) is 6.70. The van der Waals surface area contributed by atoms with Crippen LogP contribution in [0.5, 0.6) is 0 Å². The predicted octanol–water partition coefficient (Wildman–Crippen LogP) is 3.68. The third-order valence-corrected chi connectivity index (χ3v) is 3.35. The summed E-state index contributed by atoms with van der Waals surface area (Å²) in [5.74, 6) is -0.241. The Morgan fingerprint density at radius 2 is 2.29 bits per heavy atom. The summed E-state index contributed by atoms with van der Waals surface area (Å²) in [6.45, 7) is 2.11. The second-order valence-corrected chi connectivity index (χ2v) is 4.73. The predicted molar refractivity (Wildman–Crippen MR) is 60.8 cm³/mol. The molecule has 0 aliphatic carbocycles. The molecular formula is C10H10FNS2. The van der Waals surface area contributed by atoms with E-state index in [2.05, 4.69) is 24.5 Å². The van der Waals surface area contributed by atoms with E-state index in [1.165, 1.54) is 12.1 Å². The summed E-state index contributed by atoms with van der Waals surface area (Å²) in [5.41, 5.74) is 0.822. The van der Waals surface area contributed by atoms with Gasteiger partial charge in [0.05, 0.1) is 15.2 Å². The highest BCUT2D eigenvalue weighted by Crippen LogP contribution is 2.28. The van der Waals surface area contributed by atoms with E-state index < -0.39 is 0 Å². The van der Waals surface area contributed by atoms with Gasteiger partial charge in [0.2, 0.25) is 0 Å². The molecule has 0 aliphatic heterocycles. The number of fused-ring (bicyclic) bond motifs is 1. The summed E-state index contributed by atoms with van der Waals surface area (Å²) in [5, 5.41) is 1.06. The van der Waals surface area contributed by atoms with Gasteiger partial charge in [-0.15, -0.1) is 24.0 Å². The zero-order valence-corrected chi connectivity index (χ0v) is 9.46. The van der Waals surface area contributed by atoms with Crippen molar-refractivity contribution in [1.29, 1.82) is 0 Å². The standard InChI is InChI=1S/C10H10FNS2/c1-2-3-9-12-10-7(13)4-6(11)5-8(10)14-9/h4-5,13H,2-3H2,1H3. The number of thiazole rings is 1. The Morgan fingerprint density at radius 1 is 1.50 bits per heavy atom. The van der Waals surface area contributed by atoms with Gasteiger partial charge in [-0.25, -0.2) is 9.37 Å². The van der Waals surface area contributed by atoms with E-state index in [1.54, 1.807) is 11.3 Å². The molecule has 74 valence electrons. The van der Waals surface area contributed by atoms with Crippen LogP contribution in [0.25, 0.3) is 10.2 Å². The van der Waals surface area contributed by atoms with Gasteiger partial charge in [0.1, 0.15) is 5.82 Å². The first-order valence-electron chi connectivity index (χ1n) is 4.48. The minimum absolute atomic E-state index is 0.241. The molecule has 0 N–H and O–H groups in total. The number of halogens is 1. The second kappa shape index (κ2) is 3.87. The van der Waals surface area contributed by atoms with Crippen molar-refractivity contribution in [3.8, 4) is 0 Å². The van der Waals surface area contributed by atoms with Crippen molar-refractivity contribution < 1.29 is 4.39 Å². The van der Waals surface area contributed by atoms with Gasteiger partial charge in [-0.1, -0.05) is 6.92 Å². The Bertz CT molecular complexity index is 464. The zero-order valence-electron chi connectivity index (χ0n) is 7.75. The molecular weight excluding hydrogens is 217 g/mol. The van der Waals surface area contributed by atoms with Gasteiger partial charge in [0.25, 0.3) is 0 Å². The van der Waals surface area contributed by atoms with Crippen LogP contribution in [0.2, 0.25) is 0 Å². The Labute approximate surface area is 91.4 Å². The highest BCUT2D eigenvalue weighted by Gasteiger charge is 2.07. The Morgan fingerprint density at radius 3 is 3.00 bits per heavy atom. The fourth-order valence-corrected chi connectivity index (χ4v) is 2.84. The number of hydrogen-bond acceptors (Lipinski definition) is 3. The molecule has 1 heterocycles. The van der Waals surface area contributed by atoms with Crippen molar-refractivity contribution in [3.05, 3.63) is 23.0 Å². The molecule has 0 spiro atoms. The van der Waals surface area contributed by atoms with Crippen LogP contribution < -0.4 is 0 Å². The normalized spacial score (nSPS) is 11.1. The van der Waals surface area contributed by atoms with E-state index in [1.807, 2.05) is 0 Å². The Hall–Kier alpha value is -0.610. The van der Waals surface area contributed by atoms with Crippen molar-refractivity contribution in [1.82, 2.24) is 4.98 Å². The molecule has 4 heteroatoms. The van der Waals surface area contributed by atoms with Crippen LogP contribution >= 0.6 is 24.0 Å². The molecule has 1 aromatic heterocycles. The van der Waals surface area contributed by atoms with Crippen LogP contribution in [-0.2, 0) is 6.42 Å². The van der Waals surface area contributed by atoms with Gasteiger partial charge in [-0.05, 0) is 25.0 Å². The topological polar surface area (TPSA) is 12.9 Å². The summed E-state index contributed by atoms with van der Waals surface area (Å²) in [6.07, 6.45) is 2.01. The summed E-state index contributed by atoms with van der Waals surface area (Å²) in [6, 6.07) is 2.92. The summed E-state index contributed by atoms with van der Waals surface area (Å²) >= 11 is 5.76. The highest BCUT2D eigenvalue weighted by atomic mass is 32.1. The van der Waals surface area contributed by atoms with Crippen LogP contribution in [-0.4, -0.2) is 4.98 Å². The molecule has 14 heavy (non-hydrogen) atoms. The van der Waals surface area contributed by atoms with Crippen LogP contribution in [0.15, 0.2) is 17.0 Å². The maximum Gasteiger partial charge on any atom is 0.125 e. The van der Waals surface area contributed by atoms with Gasteiger partial charge in [0.15, 0.2) is 0 Å². The largest absolute Gasteiger partial charge is 0.240 e. The van der Waals surface area contributed by atoms with E-state index in [-0.39, 0.29) is 5.82 Å². The molecule has 0 saturated heterocycles. The first-order valence-corrected chi connectivity index (χ1v) is 5.75. The quantitative estimate of drug-likeness (QED) is 0.772. The lowest BCUT2D eigenvalue weighted by molar-refractivity contribution is 0.627. The maximum absolute atomic E-state index is 13.0. The molecule has 0 bridgehead atoms. The fourth-order valence-electron chi connectivity index (χ4n) is 1.35. The lowest BCUT2D eigenvalue weighted by atomic mass is 10.3. The zero-order chi connectivity index (χ0) is 10.1. The van der Waals surface area contributed by atoms with Crippen molar-refractivity contribution in [2.45, 2.75) is 24.7 Å². The summed E-state index contributed by atoms with van der Waals surface area (Å²) in [7, 11) is 0. The van der Waals surface area contributed by atoms with E-state index >= 15 is 0 Å². The maximum atomic E-state index is 13.0. The molecule has 1 aromatic carbocycles. The Balaban J connectivity index is 2.58. The van der Waals surface area contributed by atoms with Crippen LogP contribution in [0.1, 0.15) is 18.4 Å². The molecule has 0 fully saturated rings. The van der Waals surface area contributed by atoms with E-state index in [4.69, 9.17) is 0 Å². The average molecular weight is 227 g/mol. The van der Waals surface area contributed by atoms with Gasteiger partial charge < -0.3 is 0 Å². The van der Waals surface area contributed by atoms with Gasteiger partial charge in [0, 0.05) is 4.90 Å².